The minimum absolute atomic E-state index is 0.0660. The Morgan fingerprint density at radius 2 is 1.50 bits per heavy atom. The smallest absolute Gasteiger partial charge is 0.243 e. The molecular weight excluding hydrogens is 468 g/mol. The predicted octanol–water partition coefficient (Wildman–Crippen LogP) is 5.48. The summed E-state index contributed by atoms with van der Waals surface area (Å²) in [6, 6.07) is 27.0. The minimum Gasteiger partial charge on any atom is -0.497 e. The third-order valence-corrected chi connectivity index (χ3v) is 6.58. The molecule has 1 N–H and O–H groups in total. The summed E-state index contributed by atoms with van der Waals surface area (Å²) >= 11 is 1.56. The molecule has 190 valence electrons. The van der Waals surface area contributed by atoms with Crippen molar-refractivity contribution < 1.29 is 14.3 Å². The van der Waals surface area contributed by atoms with Gasteiger partial charge in [-0.2, -0.15) is 0 Å². The molecule has 3 aromatic rings. The first-order valence-corrected chi connectivity index (χ1v) is 13.3. The average molecular weight is 505 g/mol. The topological polar surface area (TPSA) is 58.6 Å². The Balaban J connectivity index is 1.89. The van der Waals surface area contributed by atoms with Crippen LogP contribution in [0.3, 0.4) is 0 Å². The Bertz CT molecular complexity index is 1110. The number of amides is 2. The van der Waals surface area contributed by atoms with E-state index in [9.17, 15) is 9.59 Å². The van der Waals surface area contributed by atoms with Gasteiger partial charge >= 0.3 is 0 Å². The van der Waals surface area contributed by atoms with Crippen LogP contribution in [0.2, 0.25) is 0 Å². The van der Waals surface area contributed by atoms with Crippen molar-refractivity contribution in [2.45, 2.75) is 51.1 Å². The zero-order valence-corrected chi connectivity index (χ0v) is 22.4. The van der Waals surface area contributed by atoms with Crippen LogP contribution in [0.5, 0.6) is 5.75 Å². The van der Waals surface area contributed by atoms with Gasteiger partial charge in [-0.3, -0.25) is 9.59 Å². The van der Waals surface area contributed by atoms with E-state index < -0.39 is 11.6 Å². The number of nitrogens with one attached hydrogen (secondary N) is 1. The van der Waals surface area contributed by atoms with Crippen molar-refractivity contribution in [2.24, 2.45) is 0 Å². The van der Waals surface area contributed by atoms with Crippen molar-refractivity contribution in [1.29, 1.82) is 0 Å². The van der Waals surface area contributed by atoms with E-state index in [1.807, 2.05) is 93.6 Å². The number of methoxy groups -OCH3 is 1. The molecule has 0 radical (unpaired) electrons. The molecule has 0 aliphatic heterocycles. The van der Waals surface area contributed by atoms with Gasteiger partial charge in [0.1, 0.15) is 11.8 Å². The molecule has 0 unspecified atom stereocenters. The van der Waals surface area contributed by atoms with Gasteiger partial charge in [0.05, 0.1) is 12.9 Å². The van der Waals surface area contributed by atoms with E-state index in [-0.39, 0.29) is 17.6 Å². The monoisotopic (exact) mass is 504 g/mol. The first-order valence-electron chi connectivity index (χ1n) is 12.1. The van der Waals surface area contributed by atoms with Crippen molar-refractivity contribution >= 4 is 23.6 Å². The summed E-state index contributed by atoms with van der Waals surface area (Å²) in [5, 5.41) is 3.10. The fourth-order valence-corrected chi connectivity index (χ4v) is 4.76. The van der Waals surface area contributed by atoms with Gasteiger partial charge in [0, 0.05) is 24.3 Å². The molecule has 0 saturated heterocycles. The first-order chi connectivity index (χ1) is 17.2. The van der Waals surface area contributed by atoms with Crippen molar-refractivity contribution in [1.82, 2.24) is 10.2 Å². The lowest BCUT2D eigenvalue weighted by Crippen LogP contribution is -2.54. The number of rotatable bonds is 11. The highest BCUT2D eigenvalue weighted by atomic mass is 32.2. The van der Waals surface area contributed by atoms with Crippen molar-refractivity contribution in [3.05, 3.63) is 102 Å². The lowest BCUT2D eigenvalue weighted by molar-refractivity contribution is -0.140. The highest BCUT2D eigenvalue weighted by Crippen LogP contribution is 2.21. The number of hydrogen-bond acceptors (Lipinski definition) is 4. The molecule has 0 saturated carbocycles. The minimum atomic E-state index is -0.650. The largest absolute Gasteiger partial charge is 0.497 e. The summed E-state index contributed by atoms with van der Waals surface area (Å²) in [5.41, 5.74) is 2.67. The predicted molar refractivity (Wildman–Crippen MR) is 148 cm³/mol. The second-order valence-corrected chi connectivity index (χ2v) is 10.8. The molecule has 3 rings (SSSR count). The summed E-state index contributed by atoms with van der Waals surface area (Å²) in [7, 11) is 1.62. The van der Waals surface area contributed by atoms with E-state index >= 15 is 0 Å². The van der Waals surface area contributed by atoms with Crippen molar-refractivity contribution in [3.63, 3.8) is 0 Å². The lowest BCUT2D eigenvalue weighted by atomic mass is 10.0. The Labute approximate surface area is 219 Å². The summed E-state index contributed by atoms with van der Waals surface area (Å²) in [6.45, 7) is 6.17. The van der Waals surface area contributed by atoms with Crippen molar-refractivity contribution in [2.75, 3.05) is 12.9 Å². The van der Waals surface area contributed by atoms with Crippen LogP contribution in [0.15, 0.2) is 84.9 Å². The molecule has 36 heavy (non-hydrogen) atoms. The van der Waals surface area contributed by atoms with Gasteiger partial charge in [0.2, 0.25) is 11.8 Å². The number of hydrogen-bond donors (Lipinski definition) is 1. The molecule has 0 spiro atoms. The van der Waals surface area contributed by atoms with Crippen LogP contribution in [0.25, 0.3) is 0 Å². The first kappa shape index (κ1) is 27.3. The van der Waals surface area contributed by atoms with Crippen LogP contribution in [0.4, 0.5) is 0 Å². The Morgan fingerprint density at radius 3 is 2.11 bits per heavy atom. The molecule has 1 atom stereocenters. The third kappa shape index (κ3) is 8.76. The summed E-state index contributed by atoms with van der Waals surface area (Å²) in [4.78, 5) is 29.0. The normalized spacial score (nSPS) is 12.0. The third-order valence-electron chi connectivity index (χ3n) is 5.59. The van der Waals surface area contributed by atoms with Crippen LogP contribution >= 0.6 is 11.8 Å². The molecule has 0 aromatic heterocycles. The summed E-state index contributed by atoms with van der Waals surface area (Å²) < 4.78 is 5.39. The molecule has 2 amide bonds. The average Bonchev–Trinajstić information content (AvgIpc) is 2.86. The van der Waals surface area contributed by atoms with Crippen LogP contribution in [0, 0.1) is 0 Å². The molecule has 0 aliphatic rings. The molecule has 0 heterocycles. The van der Waals surface area contributed by atoms with Gasteiger partial charge in [0.25, 0.3) is 0 Å². The van der Waals surface area contributed by atoms with Gasteiger partial charge in [-0.05, 0) is 49.6 Å². The quantitative estimate of drug-likeness (QED) is 0.376. The highest BCUT2D eigenvalue weighted by Gasteiger charge is 2.32. The standard InChI is InChI=1S/C30H36N2O3S/c1-30(2,3)31-29(34)27(19-23-12-7-5-8-13-23)32(20-25-16-11-17-26(18-25)35-4)28(33)22-36-21-24-14-9-6-10-15-24/h5-18,27H,19-22H2,1-4H3,(H,31,34)/t27-/m1/s1. The van der Waals surface area contributed by atoms with Gasteiger partial charge in [-0.15, -0.1) is 11.8 Å². The number of carbonyl (C=O) groups is 2. The zero-order chi connectivity index (χ0) is 26.0. The molecular formula is C30H36N2O3S. The number of carbonyl (C=O) groups excluding carboxylic acids is 2. The SMILES string of the molecule is COc1cccc(CN(C(=O)CSCc2ccccc2)[C@H](Cc2ccccc2)C(=O)NC(C)(C)C)c1. The van der Waals surface area contributed by atoms with Crippen LogP contribution in [-0.4, -0.2) is 41.2 Å². The van der Waals surface area contributed by atoms with Gasteiger partial charge in [-0.25, -0.2) is 0 Å². The Hall–Kier alpha value is -3.25. The van der Waals surface area contributed by atoms with Gasteiger partial charge in [-0.1, -0.05) is 72.8 Å². The van der Waals surface area contributed by atoms with E-state index in [2.05, 4.69) is 17.4 Å². The highest BCUT2D eigenvalue weighted by molar-refractivity contribution is 7.99. The maximum atomic E-state index is 13.7. The summed E-state index contributed by atoms with van der Waals surface area (Å²) in [5.74, 6) is 1.51. The molecule has 0 bridgehead atoms. The van der Waals surface area contributed by atoms with Gasteiger partial charge in [0.15, 0.2) is 0 Å². The maximum Gasteiger partial charge on any atom is 0.243 e. The summed E-state index contributed by atoms with van der Waals surface area (Å²) in [6.07, 6.45) is 0.432. The number of thioether (sulfide) groups is 1. The molecule has 3 aromatic carbocycles. The Kier molecular flexibility index (Phi) is 10.00. The van der Waals surface area contributed by atoms with E-state index in [1.54, 1.807) is 23.8 Å². The number of ether oxygens (including phenoxy) is 1. The van der Waals surface area contributed by atoms with E-state index in [1.165, 1.54) is 5.56 Å². The Morgan fingerprint density at radius 1 is 0.889 bits per heavy atom. The van der Waals surface area contributed by atoms with Crippen LogP contribution < -0.4 is 10.1 Å². The fraction of sp³-hybridized carbons (Fsp3) is 0.333. The molecule has 0 aliphatic carbocycles. The van der Waals surface area contributed by atoms with E-state index in [4.69, 9.17) is 4.74 Å². The van der Waals surface area contributed by atoms with E-state index in [0.717, 1.165) is 22.6 Å². The zero-order valence-electron chi connectivity index (χ0n) is 21.6. The van der Waals surface area contributed by atoms with Crippen LogP contribution in [0.1, 0.15) is 37.5 Å². The van der Waals surface area contributed by atoms with Crippen molar-refractivity contribution in [3.8, 4) is 5.75 Å². The number of nitrogens with zero attached hydrogens (tertiary/aromatic N) is 1. The maximum absolute atomic E-state index is 13.7. The fourth-order valence-electron chi connectivity index (χ4n) is 3.89. The van der Waals surface area contributed by atoms with E-state index in [0.29, 0.717) is 13.0 Å². The lowest BCUT2D eigenvalue weighted by Gasteiger charge is -2.34. The van der Waals surface area contributed by atoms with Gasteiger partial charge < -0.3 is 15.0 Å². The molecule has 0 fully saturated rings. The molecule has 5 nitrogen and oxygen atoms in total. The van der Waals surface area contributed by atoms with Crippen LogP contribution in [-0.2, 0) is 28.3 Å². The number of benzene rings is 3. The second kappa shape index (κ2) is 13.2. The molecule has 6 heteroatoms. The second-order valence-electron chi connectivity index (χ2n) is 9.80.